The normalized spacial score (nSPS) is 12.2. The SMILES string of the molecule is Cc1ccc(O[C@@H](C(=O)Nc2cc(C(F)(F)F)ccc2Cl)c2ccccc2)c([N+](=O)[O-])n1. The molecule has 3 rings (SSSR count). The summed E-state index contributed by atoms with van der Waals surface area (Å²) < 4.78 is 44.8. The highest BCUT2D eigenvalue weighted by Crippen LogP contribution is 2.35. The van der Waals surface area contributed by atoms with E-state index in [0.717, 1.165) is 12.1 Å². The fourth-order valence-corrected chi connectivity index (χ4v) is 2.94. The number of nitrogens with one attached hydrogen (secondary N) is 1. The molecule has 1 atom stereocenters. The van der Waals surface area contributed by atoms with Crippen LogP contribution < -0.4 is 10.1 Å². The number of aryl methyl sites for hydroxylation is 1. The van der Waals surface area contributed by atoms with E-state index in [1.165, 1.54) is 24.3 Å². The fourth-order valence-electron chi connectivity index (χ4n) is 2.78. The topological polar surface area (TPSA) is 94.4 Å². The van der Waals surface area contributed by atoms with Crippen molar-refractivity contribution in [2.75, 3.05) is 5.32 Å². The highest BCUT2D eigenvalue weighted by molar-refractivity contribution is 6.33. The summed E-state index contributed by atoms with van der Waals surface area (Å²) in [5, 5.41) is 13.6. The monoisotopic (exact) mass is 465 g/mol. The average molecular weight is 466 g/mol. The van der Waals surface area contributed by atoms with Gasteiger partial charge >= 0.3 is 12.0 Å². The molecule has 0 aliphatic heterocycles. The summed E-state index contributed by atoms with van der Waals surface area (Å²) in [6.07, 6.45) is -6.09. The van der Waals surface area contributed by atoms with Crippen LogP contribution in [0.3, 0.4) is 0 Å². The lowest BCUT2D eigenvalue weighted by Crippen LogP contribution is -2.26. The van der Waals surface area contributed by atoms with Gasteiger partial charge in [-0.05, 0) is 40.2 Å². The molecule has 0 spiro atoms. The maximum atomic E-state index is 13.0. The van der Waals surface area contributed by atoms with Gasteiger partial charge in [-0.3, -0.25) is 4.79 Å². The highest BCUT2D eigenvalue weighted by Gasteiger charge is 2.32. The number of benzene rings is 2. The van der Waals surface area contributed by atoms with Crippen molar-refractivity contribution in [3.05, 3.63) is 92.6 Å². The van der Waals surface area contributed by atoms with Gasteiger partial charge in [0, 0.05) is 12.5 Å². The number of pyridine rings is 1. The number of carbonyl (C=O) groups is 1. The molecule has 2 aromatic carbocycles. The van der Waals surface area contributed by atoms with E-state index in [9.17, 15) is 28.1 Å². The molecule has 166 valence electrons. The van der Waals surface area contributed by atoms with Gasteiger partial charge in [-0.2, -0.15) is 13.2 Å². The van der Waals surface area contributed by atoms with Gasteiger partial charge in [0.25, 0.3) is 5.91 Å². The summed E-state index contributed by atoms with van der Waals surface area (Å²) in [6, 6.07) is 13.2. The van der Waals surface area contributed by atoms with Crippen LogP contribution in [0.15, 0.2) is 60.7 Å². The Kier molecular flexibility index (Phi) is 6.64. The number of rotatable bonds is 6. The number of nitrogens with zero attached hydrogens (tertiary/aromatic N) is 2. The standard InChI is InChI=1S/C21H15ClF3N3O4/c1-12-7-10-17(19(26-12)28(30)31)32-18(13-5-3-2-4-6-13)20(29)27-16-11-14(21(23,24)25)8-9-15(16)22/h2-11,18H,1H3,(H,27,29)/t18-/m1/s1. The molecule has 0 fully saturated rings. The van der Waals surface area contributed by atoms with Gasteiger partial charge in [0.2, 0.25) is 11.9 Å². The van der Waals surface area contributed by atoms with E-state index < -0.39 is 34.5 Å². The third kappa shape index (κ3) is 5.33. The molecule has 0 aliphatic carbocycles. The highest BCUT2D eigenvalue weighted by atomic mass is 35.5. The number of alkyl halides is 3. The molecule has 0 saturated carbocycles. The number of ether oxygens (including phenoxy) is 1. The van der Waals surface area contributed by atoms with Crippen LogP contribution in [0.2, 0.25) is 5.02 Å². The maximum Gasteiger partial charge on any atom is 0.416 e. The second kappa shape index (κ2) is 9.23. The molecule has 0 saturated heterocycles. The van der Waals surface area contributed by atoms with Crippen LogP contribution in [0.4, 0.5) is 24.7 Å². The second-order valence-electron chi connectivity index (χ2n) is 6.62. The van der Waals surface area contributed by atoms with Crippen LogP contribution in [0.1, 0.15) is 22.9 Å². The van der Waals surface area contributed by atoms with Gasteiger partial charge in [0.1, 0.15) is 5.69 Å². The van der Waals surface area contributed by atoms with Gasteiger partial charge < -0.3 is 20.2 Å². The van der Waals surface area contributed by atoms with E-state index in [4.69, 9.17) is 16.3 Å². The molecule has 0 unspecified atom stereocenters. The minimum Gasteiger partial charge on any atom is -0.467 e. The van der Waals surface area contributed by atoms with E-state index in [0.29, 0.717) is 17.3 Å². The summed E-state index contributed by atoms with van der Waals surface area (Å²) in [6.45, 7) is 1.55. The minimum atomic E-state index is -4.65. The van der Waals surface area contributed by atoms with Gasteiger partial charge in [0.15, 0.2) is 0 Å². The number of hydrogen-bond donors (Lipinski definition) is 1. The Morgan fingerprint density at radius 1 is 1.16 bits per heavy atom. The zero-order chi connectivity index (χ0) is 23.5. The van der Waals surface area contributed by atoms with Crippen LogP contribution in [-0.4, -0.2) is 15.8 Å². The number of amides is 1. The van der Waals surface area contributed by atoms with Crippen molar-refractivity contribution in [1.82, 2.24) is 4.98 Å². The first-order valence-corrected chi connectivity index (χ1v) is 9.45. The van der Waals surface area contributed by atoms with Crippen LogP contribution in [0, 0.1) is 17.0 Å². The first kappa shape index (κ1) is 23.0. The molecule has 3 aromatic rings. The van der Waals surface area contributed by atoms with E-state index in [1.807, 2.05) is 0 Å². The molecule has 0 aliphatic rings. The number of nitro groups is 1. The summed E-state index contributed by atoms with van der Waals surface area (Å²) in [4.78, 5) is 27.4. The average Bonchev–Trinajstić information content (AvgIpc) is 2.74. The van der Waals surface area contributed by atoms with Crippen molar-refractivity contribution in [3.63, 3.8) is 0 Å². The van der Waals surface area contributed by atoms with Crippen molar-refractivity contribution in [1.29, 1.82) is 0 Å². The van der Waals surface area contributed by atoms with E-state index >= 15 is 0 Å². The molecule has 1 aromatic heterocycles. The number of anilines is 1. The Hall–Kier alpha value is -3.66. The molecule has 0 bridgehead atoms. The van der Waals surface area contributed by atoms with Crippen LogP contribution in [0.5, 0.6) is 5.75 Å². The second-order valence-corrected chi connectivity index (χ2v) is 7.03. The van der Waals surface area contributed by atoms with Crippen molar-refractivity contribution in [2.24, 2.45) is 0 Å². The molecule has 7 nitrogen and oxygen atoms in total. The zero-order valence-corrected chi connectivity index (χ0v) is 17.1. The molecular weight excluding hydrogens is 451 g/mol. The third-order valence-electron chi connectivity index (χ3n) is 4.29. The summed E-state index contributed by atoms with van der Waals surface area (Å²) >= 11 is 5.96. The fraction of sp³-hybridized carbons (Fsp3) is 0.143. The smallest absolute Gasteiger partial charge is 0.416 e. The molecule has 1 N–H and O–H groups in total. The molecule has 1 heterocycles. The Morgan fingerprint density at radius 3 is 2.47 bits per heavy atom. The van der Waals surface area contributed by atoms with E-state index in [2.05, 4.69) is 10.3 Å². The summed E-state index contributed by atoms with van der Waals surface area (Å²) in [7, 11) is 0. The number of aromatic nitrogens is 1. The molecule has 32 heavy (non-hydrogen) atoms. The quantitative estimate of drug-likeness (QED) is 0.370. The van der Waals surface area contributed by atoms with Crippen molar-refractivity contribution in [2.45, 2.75) is 19.2 Å². The summed E-state index contributed by atoms with van der Waals surface area (Å²) in [5.41, 5.74) is -0.621. The van der Waals surface area contributed by atoms with E-state index in [-0.39, 0.29) is 16.5 Å². The minimum absolute atomic E-state index is 0.124. The first-order chi connectivity index (χ1) is 15.1. The Labute approximate surface area is 185 Å². The van der Waals surface area contributed by atoms with Crippen LogP contribution in [-0.2, 0) is 11.0 Å². The van der Waals surface area contributed by atoms with Crippen LogP contribution >= 0.6 is 11.6 Å². The van der Waals surface area contributed by atoms with Crippen molar-refractivity contribution >= 4 is 29.0 Å². The Bertz CT molecular complexity index is 1160. The predicted molar refractivity (Wildman–Crippen MR) is 111 cm³/mol. The van der Waals surface area contributed by atoms with Crippen molar-refractivity contribution < 1.29 is 27.6 Å². The van der Waals surface area contributed by atoms with Gasteiger partial charge in [0.05, 0.1) is 16.3 Å². The molecular formula is C21H15ClF3N3O4. The lowest BCUT2D eigenvalue weighted by molar-refractivity contribution is -0.390. The molecule has 1 amide bonds. The van der Waals surface area contributed by atoms with E-state index in [1.54, 1.807) is 25.1 Å². The van der Waals surface area contributed by atoms with Gasteiger partial charge in [-0.15, -0.1) is 0 Å². The molecule has 11 heteroatoms. The predicted octanol–water partition coefficient (Wildman–Crippen LogP) is 5.73. The Morgan fingerprint density at radius 2 is 1.84 bits per heavy atom. The van der Waals surface area contributed by atoms with Gasteiger partial charge in [-0.1, -0.05) is 41.9 Å². The number of carbonyl (C=O) groups excluding carboxylic acids is 1. The third-order valence-corrected chi connectivity index (χ3v) is 4.62. The number of hydrogen-bond acceptors (Lipinski definition) is 5. The zero-order valence-electron chi connectivity index (χ0n) is 16.4. The van der Waals surface area contributed by atoms with Crippen molar-refractivity contribution in [3.8, 4) is 5.75 Å². The van der Waals surface area contributed by atoms with Gasteiger partial charge in [-0.25, -0.2) is 0 Å². The number of halogens is 4. The Balaban J connectivity index is 1.98. The maximum absolute atomic E-state index is 13.0. The summed E-state index contributed by atoms with van der Waals surface area (Å²) in [5.74, 6) is -1.76. The largest absolute Gasteiger partial charge is 0.467 e. The first-order valence-electron chi connectivity index (χ1n) is 9.07. The molecule has 0 radical (unpaired) electrons. The lowest BCUT2D eigenvalue weighted by Gasteiger charge is -2.20. The lowest BCUT2D eigenvalue weighted by atomic mass is 10.1. The van der Waals surface area contributed by atoms with Crippen LogP contribution in [0.25, 0.3) is 0 Å².